The summed E-state index contributed by atoms with van der Waals surface area (Å²) in [5.41, 5.74) is 0.324. The Balaban J connectivity index is 2.66. The second kappa shape index (κ2) is 7.85. The van der Waals surface area contributed by atoms with E-state index in [1.807, 2.05) is 12.1 Å². The number of carboxylic acid groups (broad SMARTS) is 1. The zero-order chi connectivity index (χ0) is 17.6. The zero-order valence-corrected chi connectivity index (χ0v) is 14.3. The van der Waals surface area contributed by atoms with Crippen LogP contribution >= 0.6 is 0 Å². The lowest BCUT2D eigenvalue weighted by molar-refractivity contribution is -0.151. The third-order valence-electron chi connectivity index (χ3n) is 3.54. The molecule has 1 unspecified atom stereocenters. The molecule has 0 saturated heterocycles. The molecule has 0 saturated carbocycles. The van der Waals surface area contributed by atoms with Crippen molar-refractivity contribution in [2.24, 2.45) is 11.3 Å². The molecular weight excluding hydrogens is 298 g/mol. The summed E-state index contributed by atoms with van der Waals surface area (Å²) in [4.78, 5) is 23.4. The number of carbonyl (C=O) groups is 2. The van der Waals surface area contributed by atoms with Gasteiger partial charge >= 0.3 is 5.97 Å². The van der Waals surface area contributed by atoms with Crippen LogP contribution in [0, 0.1) is 11.3 Å². The van der Waals surface area contributed by atoms with E-state index in [1.54, 1.807) is 41.1 Å². The predicted octanol–water partition coefficient (Wildman–Crippen LogP) is 2.11. The summed E-state index contributed by atoms with van der Waals surface area (Å²) < 4.78 is 10.4. The largest absolute Gasteiger partial charge is 0.493 e. The van der Waals surface area contributed by atoms with Gasteiger partial charge in [-0.05, 0) is 29.5 Å². The number of aliphatic carboxylic acids is 1. The normalized spacial score (nSPS) is 12.4. The molecule has 0 aliphatic rings. The molecule has 1 rings (SSSR count). The van der Waals surface area contributed by atoms with Crippen molar-refractivity contribution in [2.75, 3.05) is 20.8 Å². The van der Waals surface area contributed by atoms with Gasteiger partial charge in [0.05, 0.1) is 14.2 Å². The smallest absolute Gasteiger partial charge is 0.316 e. The Bertz CT molecular complexity index is 563. The minimum Gasteiger partial charge on any atom is -0.493 e. The topological polar surface area (TPSA) is 84.9 Å². The highest BCUT2D eigenvalue weighted by Crippen LogP contribution is 2.28. The van der Waals surface area contributed by atoms with Crippen LogP contribution in [0.5, 0.6) is 11.5 Å². The van der Waals surface area contributed by atoms with Crippen molar-refractivity contribution in [3.05, 3.63) is 23.8 Å². The fourth-order valence-electron chi connectivity index (χ4n) is 2.34. The Morgan fingerprint density at radius 3 is 2.26 bits per heavy atom. The van der Waals surface area contributed by atoms with Crippen LogP contribution in [0.15, 0.2) is 18.2 Å². The fraction of sp³-hybridized carbons (Fsp3) is 0.529. The molecular formula is C17H25NO5. The minimum absolute atomic E-state index is 0.355. The molecule has 0 radical (unpaired) electrons. The summed E-state index contributed by atoms with van der Waals surface area (Å²) in [5, 5.41) is 11.9. The van der Waals surface area contributed by atoms with E-state index in [2.05, 4.69) is 5.32 Å². The molecule has 0 fully saturated rings. The third kappa shape index (κ3) is 5.16. The lowest BCUT2D eigenvalue weighted by atomic mass is 9.80. The van der Waals surface area contributed by atoms with E-state index in [4.69, 9.17) is 9.47 Å². The van der Waals surface area contributed by atoms with Gasteiger partial charge in [-0.3, -0.25) is 9.59 Å². The highest BCUT2D eigenvalue weighted by Gasteiger charge is 2.37. The second-order valence-electron chi connectivity index (χ2n) is 6.37. The molecule has 0 aliphatic heterocycles. The average Bonchev–Trinajstić information content (AvgIpc) is 2.45. The molecule has 0 aliphatic carbocycles. The first-order valence-corrected chi connectivity index (χ1v) is 7.42. The number of rotatable bonds is 7. The summed E-state index contributed by atoms with van der Waals surface area (Å²) in [6.07, 6.45) is 0.572. The number of hydrogen-bond donors (Lipinski definition) is 2. The van der Waals surface area contributed by atoms with Crippen molar-refractivity contribution in [3.63, 3.8) is 0 Å². The number of ether oxygens (including phenoxy) is 2. The average molecular weight is 323 g/mol. The van der Waals surface area contributed by atoms with E-state index < -0.39 is 23.2 Å². The zero-order valence-electron chi connectivity index (χ0n) is 14.3. The number of carboxylic acids is 1. The first-order chi connectivity index (χ1) is 10.7. The van der Waals surface area contributed by atoms with Crippen LogP contribution in [0.4, 0.5) is 0 Å². The van der Waals surface area contributed by atoms with Crippen LogP contribution in [0.2, 0.25) is 0 Å². The second-order valence-corrected chi connectivity index (χ2v) is 6.37. The summed E-state index contributed by atoms with van der Waals surface area (Å²) in [6.45, 7) is 5.56. The number of carbonyl (C=O) groups excluding carboxylic acids is 1. The number of amides is 1. The third-order valence-corrected chi connectivity index (χ3v) is 3.54. The monoisotopic (exact) mass is 323 g/mol. The van der Waals surface area contributed by atoms with Crippen molar-refractivity contribution >= 4 is 11.9 Å². The quantitative estimate of drug-likeness (QED) is 0.751. The molecule has 128 valence electrons. The van der Waals surface area contributed by atoms with Gasteiger partial charge in [-0.15, -0.1) is 0 Å². The van der Waals surface area contributed by atoms with Crippen molar-refractivity contribution in [2.45, 2.75) is 27.2 Å². The minimum atomic E-state index is -1.11. The first-order valence-electron chi connectivity index (χ1n) is 7.42. The van der Waals surface area contributed by atoms with Gasteiger partial charge < -0.3 is 19.9 Å². The van der Waals surface area contributed by atoms with E-state index in [9.17, 15) is 14.7 Å². The van der Waals surface area contributed by atoms with Gasteiger partial charge in [0, 0.05) is 6.54 Å². The van der Waals surface area contributed by atoms with Gasteiger partial charge in [-0.1, -0.05) is 26.8 Å². The van der Waals surface area contributed by atoms with Crippen molar-refractivity contribution in [1.82, 2.24) is 5.32 Å². The molecule has 6 nitrogen and oxygen atoms in total. The van der Waals surface area contributed by atoms with E-state index in [1.165, 1.54) is 0 Å². The van der Waals surface area contributed by atoms with E-state index >= 15 is 0 Å². The van der Waals surface area contributed by atoms with E-state index in [0.29, 0.717) is 24.5 Å². The summed E-state index contributed by atoms with van der Waals surface area (Å²) in [6, 6.07) is 5.51. The number of hydrogen-bond acceptors (Lipinski definition) is 4. The molecule has 23 heavy (non-hydrogen) atoms. The van der Waals surface area contributed by atoms with Crippen LogP contribution in [-0.4, -0.2) is 37.7 Å². The molecule has 0 aromatic heterocycles. The van der Waals surface area contributed by atoms with Crippen LogP contribution in [0.1, 0.15) is 26.3 Å². The van der Waals surface area contributed by atoms with Gasteiger partial charge in [-0.25, -0.2) is 0 Å². The van der Waals surface area contributed by atoms with Crippen molar-refractivity contribution in [1.29, 1.82) is 0 Å². The van der Waals surface area contributed by atoms with Crippen molar-refractivity contribution < 1.29 is 24.2 Å². The van der Waals surface area contributed by atoms with Gasteiger partial charge in [0.15, 0.2) is 11.5 Å². The maximum Gasteiger partial charge on any atom is 0.316 e. The van der Waals surface area contributed by atoms with Crippen LogP contribution < -0.4 is 14.8 Å². The fourth-order valence-corrected chi connectivity index (χ4v) is 2.34. The molecule has 0 heterocycles. The number of nitrogens with one attached hydrogen (secondary N) is 1. The Hall–Kier alpha value is -2.24. The van der Waals surface area contributed by atoms with Gasteiger partial charge in [0.1, 0.15) is 5.92 Å². The van der Waals surface area contributed by atoms with E-state index in [0.717, 1.165) is 5.56 Å². The predicted molar refractivity (Wildman–Crippen MR) is 86.8 cm³/mol. The molecule has 2 N–H and O–H groups in total. The summed E-state index contributed by atoms with van der Waals surface area (Å²) in [7, 11) is 3.13. The number of benzene rings is 1. The Labute approximate surface area is 136 Å². The standard InChI is InChI=1S/C17H25NO5/c1-17(2,3)14(16(20)21)15(19)18-9-8-11-6-7-12(22-4)13(10-11)23-5/h6-7,10,14H,8-9H2,1-5H3,(H,18,19)(H,20,21). The summed E-state index contributed by atoms with van der Waals surface area (Å²) >= 11 is 0. The molecule has 1 amide bonds. The SMILES string of the molecule is COc1ccc(CCNC(=O)C(C(=O)O)C(C)(C)C)cc1OC. The summed E-state index contributed by atoms with van der Waals surface area (Å²) in [5.74, 6) is -1.40. The van der Waals surface area contributed by atoms with Crippen LogP contribution in [-0.2, 0) is 16.0 Å². The molecule has 1 aromatic carbocycles. The van der Waals surface area contributed by atoms with E-state index in [-0.39, 0.29) is 0 Å². The Kier molecular flexibility index (Phi) is 6.42. The lowest BCUT2D eigenvalue weighted by Crippen LogP contribution is -2.43. The molecule has 1 aromatic rings. The van der Waals surface area contributed by atoms with Crippen LogP contribution in [0.25, 0.3) is 0 Å². The molecule has 0 spiro atoms. The maximum absolute atomic E-state index is 12.1. The molecule has 1 atom stereocenters. The van der Waals surface area contributed by atoms with Gasteiger partial charge in [0.25, 0.3) is 0 Å². The lowest BCUT2D eigenvalue weighted by Gasteiger charge is -2.25. The molecule has 0 bridgehead atoms. The maximum atomic E-state index is 12.1. The number of methoxy groups -OCH3 is 2. The highest BCUT2D eigenvalue weighted by molar-refractivity contribution is 5.97. The van der Waals surface area contributed by atoms with Gasteiger partial charge in [0.2, 0.25) is 5.91 Å². The van der Waals surface area contributed by atoms with Gasteiger partial charge in [-0.2, -0.15) is 0 Å². The molecule has 6 heteroatoms. The Morgan fingerprint density at radius 2 is 1.78 bits per heavy atom. The van der Waals surface area contributed by atoms with Crippen LogP contribution in [0.3, 0.4) is 0 Å². The first kappa shape index (κ1) is 18.8. The highest BCUT2D eigenvalue weighted by atomic mass is 16.5. The van der Waals surface area contributed by atoms with Crippen molar-refractivity contribution in [3.8, 4) is 11.5 Å². The Morgan fingerprint density at radius 1 is 1.17 bits per heavy atom.